The molecule has 0 spiro atoms. The number of methoxy groups -OCH3 is 1. The molecular formula is C12H13N3O3S. The molecule has 0 aliphatic rings. The third-order valence-corrected chi connectivity index (χ3v) is 2.87. The molecule has 1 aromatic heterocycles. The largest absolute Gasteiger partial charge is 0.497 e. The average Bonchev–Trinajstić information content (AvgIpc) is 2.92. The number of thiazole rings is 1. The molecule has 2 rings (SSSR count). The fourth-order valence-corrected chi connectivity index (χ4v) is 1.81. The van der Waals surface area contributed by atoms with Gasteiger partial charge in [-0.2, -0.15) is 0 Å². The van der Waals surface area contributed by atoms with E-state index >= 15 is 0 Å². The first-order valence-corrected chi connectivity index (χ1v) is 6.37. The molecule has 0 aliphatic carbocycles. The first kappa shape index (κ1) is 13.2. The van der Waals surface area contributed by atoms with E-state index in [1.165, 1.54) is 11.3 Å². The Morgan fingerprint density at radius 2 is 2.05 bits per heavy atom. The maximum absolute atomic E-state index is 11.4. The van der Waals surface area contributed by atoms with Crippen molar-refractivity contribution in [2.24, 2.45) is 0 Å². The highest BCUT2D eigenvalue weighted by molar-refractivity contribution is 7.13. The highest BCUT2D eigenvalue weighted by Crippen LogP contribution is 2.16. The lowest BCUT2D eigenvalue weighted by Gasteiger charge is -2.08. The smallest absolute Gasteiger partial charge is 0.323 e. The summed E-state index contributed by atoms with van der Waals surface area (Å²) in [6.45, 7) is 0.0730. The quantitative estimate of drug-likeness (QED) is 0.824. The van der Waals surface area contributed by atoms with Gasteiger partial charge in [-0.05, 0) is 24.3 Å². The average molecular weight is 279 g/mol. The van der Waals surface area contributed by atoms with E-state index in [0.717, 1.165) is 5.75 Å². The van der Waals surface area contributed by atoms with E-state index in [-0.39, 0.29) is 12.8 Å². The fraction of sp³-hybridized carbons (Fsp3) is 0.167. The molecule has 0 fully saturated rings. The number of hydrogen-bond acceptors (Lipinski definition) is 5. The van der Waals surface area contributed by atoms with Crippen molar-refractivity contribution in [3.8, 4) is 11.5 Å². The highest BCUT2D eigenvalue weighted by atomic mass is 32.1. The number of nitrogens with zero attached hydrogens (tertiary/aromatic N) is 1. The number of aromatic nitrogens is 1. The summed E-state index contributed by atoms with van der Waals surface area (Å²) in [5, 5.41) is 7.47. The van der Waals surface area contributed by atoms with Crippen LogP contribution in [-0.2, 0) is 0 Å². The van der Waals surface area contributed by atoms with Crippen LogP contribution in [0, 0.1) is 0 Å². The summed E-state index contributed by atoms with van der Waals surface area (Å²) in [5.74, 6) is 1.40. The molecule has 0 saturated carbocycles. The Labute approximate surface area is 114 Å². The fourth-order valence-electron chi connectivity index (χ4n) is 1.28. The molecule has 1 heterocycles. The topological polar surface area (TPSA) is 72.5 Å². The molecule has 2 aromatic rings. The van der Waals surface area contributed by atoms with E-state index in [1.807, 2.05) is 0 Å². The maximum Gasteiger partial charge on any atom is 0.323 e. The van der Waals surface area contributed by atoms with Gasteiger partial charge in [-0.25, -0.2) is 9.78 Å². The highest BCUT2D eigenvalue weighted by Gasteiger charge is 2.02. The Kier molecular flexibility index (Phi) is 4.57. The van der Waals surface area contributed by atoms with Gasteiger partial charge in [0.25, 0.3) is 0 Å². The predicted octanol–water partition coefficient (Wildman–Crippen LogP) is 2.31. The van der Waals surface area contributed by atoms with E-state index < -0.39 is 0 Å². The Balaban J connectivity index is 1.72. The molecule has 0 aliphatic heterocycles. The zero-order valence-corrected chi connectivity index (χ0v) is 11.1. The van der Waals surface area contributed by atoms with Crippen molar-refractivity contribution in [2.75, 3.05) is 19.2 Å². The van der Waals surface area contributed by atoms with E-state index in [2.05, 4.69) is 15.6 Å². The second-order valence-electron chi connectivity index (χ2n) is 3.43. The van der Waals surface area contributed by atoms with Crippen molar-refractivity contribution in [1.29, 1.82) is 0 Å². The van der Waals surface area contributed by atoms with Crippen LogP contribution >= 0.6 is 11.3 Å². The normalized spacial score (nSPS) is 9.74. The van der Waals surface area contributed by atoms with Crippen LogP contribution in [0.4, 0.5) is 9.93 Å². The zero-order valence-electron chi connectivity index (χ0n) is 10.3. The van der Waals surface area contributed by atoms with E-state index in [4.69, 9.17) is 9.47 Å². The number of benzene rings is 1. The predicted molar refractivity (Wildman–Crippen MR) is 72.8 cm³/mol. The standard InChI is InChI=1S/C12H13N3O3S/c1-17-9-2-4-10(5-3-9)18-8-14-11(16)15-12-13-6-7-19-12/h2-7H,8H2,1H3,(H2,13,14,15,16). The maximum atomic E-state index is 11.4. The molecule has 2 N–H and O–H groups in total. The summed E-state index contributed by atoms with van der Waals surface area (Å²) >= 11 is 1.35. The van der Waals surface area contributed by atoms with Crippen LogP contribution in [0.25, 0.3) is 0 Å². The molecule has 0 saturated heterocycles. The molecule has 0 radical (unpaired) electrons. The molecule has 7 heteroatoms. The van der Waals surface area contributed by atoms with Crippen LogP contribution < -0.4 is 20.1 Å². The molecule has 0 atom stereocenters. The van der Waals surface area contributed by atoms with E-state index in [0.29, 0.717) is 10.9 Å². The lowest BCUT2D eigenvalue weighted by molar-refractivity contribution is 0.234. The summed E-state index contributed by atoms with van der Waals surface area (Å²) in [4.78, 5) is 15.4. The van der Waals surface area contributed by atoms with Crippen molar-refractivity contribution in [2.45, 2.75) is 0 Å². The Morgan fingerprint density at radius 3 is 2.68 bits per heavy atom. The monoisotopic (exact) mass is 279 g/mol. The van der Waals surface area contributed by atoms with Gasteiger partial charge in [0.15, 0.2) is 11.9 Å². The minimum absolute atomic E-state index is 0.0730. The Morgan fingerprint density at radius 1 is 1.32 bits per heavy atom. The molecule has 0 unspecified atom stereocenters. The molecule has 6 nitrogen and oxygen atoms in total. The van der Waals surface area contributed by atoms with E-state index in [9.17, 15) is 4.79 Å². The summed E-state index contributed by atoms with van der Waals surface area (Å²) in [6.07, 6.45) is 1.62. The number of nitrogens with one attached hydrogen (secondary N) is 2. The minimum atomic E-state index is -0.358. The number of carbonyl (C=O) groups excluding carboxylic acids is 1. The van der Waals surface area contributed by atoms with Gasteiger partial charge < -0.3 is 14.8 Å². The molecular weight excluding hydrogens is 266 g/mol. The molecule has 19 heavy (non-hydrogen) atoms. The Hall–Kier alpha value is -2.28. The van der Waals surface area contributed by atoms with Crippen LogP contribution in [0.2, 0.25) is 0 Å². The van der Waals surface area contributed by atoms with Gasteiger partial charge in [-0.3, -0.25) is 5.32 Å². The molecule has 100 valence electrons. The molecule has 2 amide bonds. The number of rotatable bonds is 5. The van der Waals surface area contributed by atoms with Gasteiger partial charge in [0.2, 0.25) is 0 Å². The van der Waals surface area contributed by atoms with Crippen molar-refractivity contribution in [3.05, 3.63) is 35.8 Å². The van der Waals surface area contributed by atoms with Gasteiger partial charge in [0.1, 0.15) is 11.5 Å². The van der Waals surface area contributed by atoms with Gasteiger partial charge >= 0.3 is 6.03 Å². The zero-order chi connectivity index (χ0) is 13.5. The third kappa shape index (κ3) is 4.14. The summed E-state index contributed by atoms with van der Waals surface area (Å²) in [5.41, 5.74) is 0. The number of hydrogen-bond donors (Lipinski definition) is 2. The lowest BCUT2D eigenvalue weighted by atomic mass is 10.3. The SMILES string of the molecule is COc1ccc(OCNC(=O)Nc2nccs2)cc1. The summed E-state index contributed by atoms with van der Waals surface area (Å²) in [6, 6.07) is 6.73. The van der Waals surface area contributed by atoms with Crippen LogP contribution in [0.15, 0.2) is 35.8 Å². The van der Waals surface area contributed by atoms with Crippen molar-refractivity contribution in [1.82, 2.24) is 10.3 Å². The van der Waals surface area contributed by atoms with Gasteiger partial charge in [0.05, 0.1) is 7.11 Å². The molecule has 1 aromatic carbocycles. The lowest BCUT2D eigenvalue weighted by Crippen LogP contribution is -2.31. The second-order valence-corrected chi connectivity index (χ2v) is 4.33. The van der Waals surface area contributed by atoms with Crippen molar-refractivity contribution >= 4 is 22.5 Å². The van der Waals surface area contributed by atoms with Crippen molar-refractivity contribution < 1.29 is 14.3 Å². The van der Waals surface area contributed by atoms with Crippen molar-refractivity contribution in [3.63, 3.8) is 0 Å². The first-order chi connectivity index (χ1) is 9.28. The number of ether oxygens (including phenoxy) is 2. The Bertz CT molecular complexity index is 514. The first-order valence-electron chi connectivity index (χ1n) is 5.49. The number of carbonyl (C=O) groups is 1. The van der Waals surface area contributed by atoms with E-state index in [1.54, 1.807) is 43.0 Å². The van der Waals surface area contributed by atoms with Gasteiger partial charge in [-0.1, -0.05) is 0 Å². The summed E-state index contributed by atoms with van der Waals surface area (Å²) < 4.78 is 10.4. The summed E-state index contributed by atoms with van der Waals surface area (Å²) in [7, 11) is 1.60. The van der Waals surface area contributed by atoms with Gasteiger partial charge in [-0.15, -0.1) is 11.3 Å². The van der Waals surface area contributed by atoms with Gasteiger partial charge in [0, 0.05) is 11.6 Å². The van der Waals surface area contributed by atoms with Crippen LogP contribution in [-0.4, -0.2) is 24.9 Å². The van der Waals surface area contributed by atoms with Crippen LogP contribution in [0.1, 0.15) is 0 Å². The number of anilines is 1. The second kappa shape index (κ2) is 6.60. The number of urea groups is 1. The minimum Gasteiger partial charge on any atom is -0.497 e. The molecule has 0 bridgehead atoms. The van der Waals surface area contributed by atoms with Crippen LogP contribution in [0.3, 0.4) is 0 Å². The number of amides is 2. The van der Waals surface area contributed by atoms with Crippen LogP contribution in [0.5, 0.6) is 11.5 Å². The third-order valence-electron chi connectivity index (χ3n) is 2.18.